The van der Waals surface area contributed by atoms with Crippen LogP contribution >= 0.6 is 0 Å². The normalized spacial score (nSPS) is 19.0. The average molecular weight is 530 g/mol. The second kappa shape index (κ2) is 13.8. The number of carbonyl (C=O) groups excluding carboxylic acids is 2. The van der Waals surface area contributed by atoms with Crippen LogP contribution in [0.25, 0.3) is 0 Å². The number of piperidine rings is 1. The third-order valence-corrected chi connectivity index (χ3v) is 7.03. The lowest BCUT2D eigenvalue weighted by Crippen LogP contribution is -2.56. The number of benzene rings is 2. The number of hydrogen-bond acceptors (Lipinski definition) is 4. The average Bonchev–Trinajstić information content (AvgIpc) is 2.86. The summed E-state index contributed by atoms with van der Waals surface area (Å²) in [5.74, 6) is -2.01. The molecule has 1 saturated heterocycles. The maximum atomic E-state index is 13.9. The Bertz CT molecular complexity index is 1080. The molecule has 2 aromatic carbocycles. The van der Waals surface area contributed by atoms with Crippen LogP contribution < -0.4 is 10.6 Å². The van der Waals surface area contributed by atoms with E-state index in [0.29, 0.717) is 29.8 Å². The van der Waals surface area contributed by atoms with Crippen molar-refractivity contribution in [1.29, 1.82) is 0 Å². The molecule has 0 saturated carbocycles. The van der Waals surface area contributed by atoms with Crippen LogP contribution in [0.2, 0.25) is 0 Å². The second-order valence-electron chi connectivity index (χ2n) is 10.5. The van der Waals surface area contributed by atoms with Gasteiger partial charge in [-0.3, -0.25) is 9.59 Å². The van der Waals surface area contributed by atoms with Crippen molar-refractivity contribution in [3.8, 4) is 0 Å². The molecule has 6 nitrogen and oxygen atoms in total. The van der Waals surface area contributed by atoms with Crippen molar-refractivity contribution in [3.05, 3.63) is 70.3 Å². The van der Waals surface area contributed by atoms with Gasteiger partial charge in [0, 0.05) is 42.4 Å². The standard InChI is InChI=1S/C30H41F2N3O3/c1-5-10-35(11-6-2)30(38)23-13-19(3)12-22(17-23)29(37)34-27(16-21-14-24(31)18-25(32)15-21)28(36)26-9-7-8-20(4)33-26/h12-15,17-18,20,26-28,33,36H,5-11,16H2,1-4H3,(H,34,37)/t20-,26-,27+,28-/m1/s1. The van der Waals surface area contributed by atoms with Gasteiger partial charge in [-0.2, -0.15) is 0 Å². The maximum Gasteiger partial charge on any atom is 0.253 e. The van der Waals surface area contributed by atoms with E-state index in [1.54, 1.807) is 23.1 Å². The molecule has 1 aliphatic heterocycles. The number of rotatable bonds is 11. The molecule has 0 spiro atoms. The molecule has 8 heteroatoms. The minimum Gasteiger partial charge on any atom is -0.389 e. The first kappa shape index (κ1) is 29.7. The van der Waals surface area contributed by atoms with Crippen molar-refractivity contribution in [3.63, 3.8) is 0 Å². The smallest absolute Gasteiger partial charge is 0.253 e. The first-order chi connectivity index (χ1) is 18.1. The van der Waals surface area contributed by atoms with Crippen molar-refractivity contribution in [2.24, 2.45) is 0 Å². The Hall–Kier alpha value is -2.84. The lowest BCUT2D eigenvalue weighted by atomic mass is 9.89. The van der Waals surface area contributed by atoms with Crippen LogP contribution in [0.5, 0.6) is 0 Å². The Labute approximate surface area is 224 Å². The van der Waals surface area contributed by atoms with Gasteiger partial charge in [-0.15, -0.1) is 0 Å². The van der Waals surface area contributed by atoms with Crippen LogP contribution in [0.15, 0.2) is 36.4 Å². The largest absolute Gasteiger partial charge is 0.389 e. The lowest BCUT2D eigenvalue weighted by Gasteiger charge is -2.36. The summed E-state index contributed by atoms with van der Waals surface area (Å²) in [5, 5.41) is 17.6. The number of amides is 2. The molecule has 1 heterocycles. The summed E-state index contributed by atoms with van der Waals surface area (Å²) >= 11 is 0. The van der Waals surface area contributed by atoms with Gasteiger partial charge in [0.25, 0.3) is 11.8 Å². The van der Waals surface area contributed by atoms with Crippen LogP contribution in [0, 0.1) is 18.6 Å². The number of aliphatic hydroxyl groups excluding tert-OH is 1. The van der Waals surface area contributed by atoms with E-state index in [4.69, 9.17) is 0 Å². The van der Waals surface area contributed by atoms with Crippen molar-refractivity contribution in [2.75, 3.05) is 13.1 Å². The van der Waals surface area contributed by atoms with Gasteiger partial charge in [0.2, 0.25) is 0 Å². The third-order valence-electron chi connectivity index (χ3n) is 7.03. The molecule has 2 amide bonds. The SMILES string of the molecule is CCCN(CCC)C(=O)c1cc(C)cc(C(=O)N[C@@H](Cc2cc(F)cc(F)c2)[C@H](O)[C@H]2CCC[C@@H](C)N2)c1. The highest BCUT2D eigenvalue weighted by Gasteiger charge is 2.32. The van der Waals surface area contributed by atoms with Crippen LogP contribution in [0.3, 0.4) is 0 Å². The lowest BCUT2D eigenvalue weighted by molar-refractivity contribution is 0.0600. The molecule has 0 aliphatic carbocycles. The van der Waals surface area contributed by atoms with Gasteiger partial charge < -0.3 is 20.6 Å². The Morgan fingerprint density at radius 3 is 2.26 bits per heavy atom. The fourth-order valence-corrected chi connectivity index (χ4v) is 5.29. The van der Waals surface area contributed by atoms with Gasteiger partial charge in [0.1, 0.15) is 11.6 Å². The first-order valence-corrected chi connectivity index (χ1v) is 13.7. The number of hydrogen-bond donors (Lipinski definition) is 3. The fourth-order valence-electron chi connectivity index (χ4n) is 5.29. The molecule has 3 N–H and O–H groups in total. The minimum absolute atomic E-state index is 0.0481. The van der Waals surface area contributed by atoms with Gasteiger partial charge in [0.15, 0.2) is 0 Å². The molecular formula is C30H41F2N3O3. The monoisotopic (exact) mass is 529 g/mol. The number of aliphatic hydroxyl groups is 1. The Morgan fingerprint density at radius 2 is 1.66 bits per heavy atom. The molecule has 2 aromatic rings. The zero-order chi connectivity index (χ0) is 27.8. The van der Waals surface area contributed by atoms with E-state index in [1.807, 2.05) is 27.7 Å². The van der Waals surface area contributed by atoms with Gasteiger partial charge in [-0.1, -0.05) is 20.3 Å². The van der Waals surface area contributed by atoms with E-state index in [0.717, 1.165) is 43.7 Å². The van der Waals surface area contributed by atoms with E-state index >= 15 is 0 Å². The summed E-state index contributed by atoms with van der Waals surface area (Å²) in [6, 6.07) is 7.41. The number of carbonyl (C=O) groups is 2. The predicted molar refractivity (Wildman–Crippen MR) is 145 cm³/mol. The Balaban J connectivity index is 1.87. The first-order valence-electron chi connectivity index (χ1n) is 13.7. The van der Waals surface area contributed by atoms with Gasteiger partial charge in [-0.05, 0) is 87.4 Å². The topological polar surface area (TPSA) is 81.7 Å². The summed E-state index contributed by atoms with van der Waals surface area (Å²) in [6.45, 7) is 9.17. The fraction of sp³-hybridized carbons (Fsp3) is 0.533. The van der Waals surface area contributed by atoms with E-state index in [1.165, 1.54) is 12.1 Å². The molecule has 0 radical (unpaired) electrons. The van der Waals surface area contributed by atoms with Gasteiger partial charge >= 0.3 is 0 Å². The Kier molecular flexibility index (Phi) is 10.8. The highest BCUT2D eigenvalue weighted by atomic mass is 19.1. The van der Waals surface area contributed by atoms with Gasteiger partial charge in [0.05, 0.1) is 12.1 Å². The summed E-state index contributed by atoms with van der Waals surface area (Å²) in [5.41, 5.74) is 1.84. The number of nitrogens with one attached hydrogen (secondary N) is 2. The van der Waals surface area contributed by atoms with Crippen molar-refractivity contribution in [2.45, 2.75) is 90.4 Å². The molecule has 1 fully saturated rings. The van der Waals surface area contributed by atoms with Crippen molar-refractivity contribution < 1.29 is 23.5 Å². The minimum atomic E-state index is -0.983. The van der Waals surface area contributed by atoms with E-state index in [2.05, 4.69) is 10.6 Å². The maximum absolute atomic E-state index is 13.9. The molecule has 4 atom stereocenters. The van der Waals surface area contributed by atoms with Crippen LogP contribution in [-0.4, -0.2) is 59.1 Å². The quantitative estimate of drug-likeness (QED) is 0.392. The summed E-state index contributed by atoms with van der Waals surface area (Å²) in [4.78, 5) is 28.5. The molecule has 0 aromatic heterocycles. The number of nitrogens with zero attached hydrogens (tertiary/aromatic N) is 1. The number of halogens is 2. The molecule has 38 heavy (non-hydrogen) atoms. The zero-order valence-corrected chi connectivity index (χ0v) is 22.9. The summed E-state index contributed by atoms with van der Waals surface area (Å²) in [7, 11) is 0. The molecular weight excluding hydrogens is 488 g/mol. The van der Waals surface area contributed by atoms with Crippen molar-refractivity contribution >= 4 is 11.8 Å². The zero-order valence-electron chi connectivity index (χ0n) is 22.9. The van der Waals surface area contributed by atoms with Crippen molar-refractivity contribution in [1.82, 2.24) is 15.5 Å². The molecule has 0 bridgehead atoms. The van der Waals surface area contributed by atoms with E-state index in [-0.39, 0.29) is 24.4 Å². The molecule has 208 valence electrons. The highest BCUT2D eigenvalue weighted by molar-refractivity contribution is 6.00. The van der Waals surface area contributed by atoms with Crippen LogP contribution in [-0.2, 0) is 6.42 Å². The van der Waals surface area contributed by atoms with E-state index < -0.39 is 29.7 Å². The number of aryl methyl sites for hydroxylation is 1. The molecule has 1 aliphatic rings. The third kappa shape index (κ3) is 8.08. The molecule has 3 rings (SSSR count). The van der Waals surface area contributed by atoms with Crippen LogP contribution in [0.4, 0.5) is 8.78 Å². The predicted octanol–water partition coefficient (Wildman–Crippen LogP) is 4.77. The van der Waals surface area contributed by atoms with E-state index in [9.17, 15) is 23.5 Å². The highest BCUT2D eigenvalue weighted by Crippen LogP contribution is 2.21. The molecule has 0 unspecified atom stereocenters. The Morgan fingerprint density at radius 1 is 1.03 bits per heavy atom. The second-order valence-corrected chi connectivity index (χ2v) is 10.5. The van der Waals surface area contributed by atoms with Crippen LogP contribution in [0.1, 0.15) is 84.7 Å². The summed E-state index contributed by atoms with van der Waals surface area (Å²) < 4.78 is 27.8. The summed E-state index contributed by atoms with van der Waals surface area (Å²) in [6.07, 6.45) is 3.37. The van der Waals surface area contributed by atoms with Gasteiger partial charge in [-0.25, -0.2) is 8.78 Å².